The Morgan fingerprint density at radius 1 is 1.10 bits per heavy atom. The van der Waals surface area contributed by atoms with Crippen molar-refractivity contribution in [3.8, 4) is 22.8 Å². The summed E-state index contributed by atoms with van der Waals surface area (Å²) in [5.41, 5.74) is 1.65. The zero-order chi connectivity index (χ0) is 28.6. The van der Waals surface area contributed by atoms with Crippen LogP contribution in [-0.2, 0) is 9.53 Å². The van der Waals surface area contributed by atoms with Gasteiger partial charge >= 0.3 is 5.97 Å². The molecule has 0 saturated carbocycles. The van der Waals surface area contributed by atoms with Gasteiger partial charge in [0.25, 0.3) is 5.56 Å². The van der Waals surface area contributed by atoms with Crippen LogP contribution in [0, 0.1) is 0 Å². The van der Waals surface area contributed by atoms with Crippen LogP contribution in [0.25, 0.3) is 17.4 Å². The monoisotopic (exact) mass is 598 g/mol. The van der Waals surface area contributed by atoms with Crippen LogP contribution in [0.5, 0.6) is 11.5 Å². The van der Waals surface area contributed by atoms with Crippen molar-refractivity contribution in [3.63, 3.8) is 0 Å². The van der Waals surface area contributed by atoms with Crippen LogP contribution < -0.4 is 24.4 Å². The molecule has 8 nitrogen and oxygen atoms in total. The molecule has 4 aromatic rings. The maximum atomic E-state index is 13.9. The Kier molecular flexibility index (Phi) is 7.89. The minimum atomic E-state index is -0.856. The number of furan rings is 1. The summed E-state index contributed by atoms with van der Waals surface area (Å²) < 4.78 is 24.3. The van der Waals surface area contributed by atoms with Gasteiger partial charge in [-0.3, -0.25) is 9.36 Å². The number of benzene rings is 2. The Balaban J connectivity index is 1.68. The second kappa shape index (κ2) is 11.4. The van der Waals surface area contributed by atoms with E-state index in [4.69, 9.17) is 41.8 Å². The summed E-state index contributed by atoms with van der Waals surface area (Å²) >= 11 is 13.4. The molecule has 0 spiro atoms. The highest BCUT2D eigenvalue weighted by Gasteiger charge is 2.35. The molecule has 1 atom stereocenters. The lowest BCUT2D eigenvalue weighted by Crippen LogP contribution is -2.40. The molecule has 0 N–H and O–H groups in total. The molecule has 3 heterocycles. The minimum absolute atomic E-state index is 0.168. The lowest BCUT2D eigenvalue weighted by Gasteiger charge is -2.26. The SMILES string of the molecule is CCOC(=O)C1=C(C)N=c2sc(=Cc3ccc(-c4ccc(Cl)c(Cl)c4)o3)c(=O)n2C1c1cc(OC)ccc1OC. The number of nitrogens with zero attached hydrogens (tertiary/aromatic N) is 2. The van der Waals surface area contributed by atoms with Crippen molar-refractivity contribution in [3.05, 3.63) is 101 Å². The summed E-state index contributed by atoms with van der Waals surface area (Å²) in [6.07, 6.45) is 1.65. The molecule has 1 unspecified atom stereocenters. The molecule has 206 valence electrons. The maximum Gasteiger partial charge on any atom is 0.338 e. The second-order valence-electron chi connectivity index (χ2n) is 8.74. The smallest absolute Gasteiger partial charge is 0.338 e. The summed E-state index contributed by atoms with van der Waals surface area (Å²) in [4.78, 5) is 32.1. The predicted octanol–water partition coefficient (Wildman–Crippen LogP) is 5.38. The van der Waals surface area contributed by atoms with E-state index >= 15 is 0 Å². The summed E-state index contributed by atoms with van der Waals surface area (Å²) in [5.74, 6) is 1.49. The van der Waals surface area contributed by atoms with Crippen molar-refractivity contribution in [2.24, 2.45) is 4.99 Å². The van der Waals surface area contributed by atoms with E-state index in [2.05, 4.69) is 4.99 Å². The zero-order valence-electron chi connectivity index (χ0n) is 22.0. The standard InChI is InChI=1S/C29H24Cl2N2O6S/c1-5-38-28(35)25-15(2)32-29-33(26(25)19-13-17(36-3)7-11-23(19)37-4)27(34)24(40-29)14-18-8-10-22(39-18)16-6-9-20(30)21(31)12-16/h6-14,26H,5H2,1-4H3. The number of esters is 1. The summed E-state index contributed by atoms with van der Waals surface area (Å²) in [7, 11) is 3.07. The van der Waals surface area contributed by atoms with Gasteiger partial charge in [0.15, 0.2) is 4.80 Å². The van der Waals surface area contributed by atoms with Crippen molar-refractivity contribution in [1.29, 1.82) is 0 Å². The lowest BCUT2D eigenvalue weighted by molar-refractivity contribution is -0.139. The number of hydrogen-bond acceptors (Lipinski definition) is 8. The van der Waals surface area contributed by atoms with E-state index in [-0.39, 0.29) is 17.7 Å². The number of halogens is 2. The molecule has 11 heteroatoms. The average molecular weight is 599 g/mol. The molecule has 0 saturated heterocycles. The first-order chi connectivity index (χ1) is 19.2. The molecule has 5 rings (SSSR count). The predicted molar refractivity (Wildman–Crippen MR) is 154 cm³/mol. The molecule has 40 heavy (non-hydrogen) atoms. The first kappa shape index (κ1) is 27.8. The third kappa shape index (κ3) is 5.08. The largest absolute Gasteiger partial charge is 0.497 e. The first-order valence-electron chi connectivity index (χ1n) is 12.2. The number of thiazole rings is 1. The van der Waals surface area contributed by atoms with Gasteiger partial charge in [0.05, 0.1) is 46.7 Å². The van der Waals surface area contributed by atoms with Crippen molar-refractivity contribution >= 4 is 46.6 Å². The fraction of sp³-hybridized carbons (Fsp3) is 0.207. The average Bonchev–Trinajstić information content (AvgIpc) is 3.53. The van der Waals surface area contributed by atoms with Crippen molar-refractivity contribution in [2.75, 3.05) is 20.8 Å². The van der Waals surface area contributed by atoms with Gasteiger partial charge in [-0.15, -0.1) is 0 Å². The highest BCUT2D eigenvalue weighted by Crippen LogP contribution is 2.38. The van der Waals surface area contributed by atoms with Crippen LogP contribution in [-0.4, -0.2) is 31.4 Å². The van der Waals surface area contributed by atoms with Crippen LogP contribution in [0.2, 0.25) is 10.0 Å². The third-order valence-electron chi connectivity index (χ3n) is 6.35. The number of carbonyl (C=O) groups is 1. The minimum Gasteiger partial charge on any atom is -0.497 e. The molecular formula is C29H24Cl2N2O6S. The normalized spacial score (nSPS) is 15.1. The number of rotatable bonds is 7. The van der Waals surface area contributed by atoms with Gasteiger partial charge < -0.3 is 18.6 Å². The van der Waals surface area contributed by atoms with E-state index in [1.165, 1.54) is 23.0 Å². The molecule has 1 aliphatic heterocycles. The Hall–Kier alpha value is -3.79. The highest BCUT2D eigenvalue weighted by molar-refractivity contribution is 7.07. The van der Waals surface area contributed by atoms with Gasteiger partial charge in [0.2, 0.25) is 0 Å². The maximum absolute atomic E-state index is 13.9. The summed E-state index contributed by atoms with van der Waals surface area (Å²) in [6.45, 7) is 3.61. The Bertz CT molecular complexity index is 1840. The van der Waals surface area contributed by atoms with Gasteiger partial charge in [-0.2, -0.15) is 0 Å². The fourth-order valence-electron chi connectivity index (χ4n) is 4.50. The van der Waals surface area contributed by atoms with Crippen molar-refractivity contribution in [1.82, 2.24) is 4.57 Å². The molecule has 1 aliphatic rings. The summed E-state index contributed by atoms with van der Waals surface area (Å²) in [6, 6.07) is 13.1. The number of ether oxygens (including phenoxy) is 3. The van der Waals surface area contributed by atoms with Gasteiger partial charge in [-0.05, 0) is 62.4 Å². The molecular weight excluding hydrogens is 575 g/mol. The van der Waals surface area contributed by atoms with Crippen LogP contribution >= 0.6 is 34.5 Å². The molecule has 2 aromatic heterocycles. The molecule has 2 aromatic carbocycles. The van der Waals surface area contributed by atoms with Crippen LogP contribution in [0.3, 0.4) is 0 Å². The Morgan fingerprint density at radius 3 is 2.60 bits per heavy atom. The van der Waals surface area contributed by atoms with Gasteiger partial charge in [0, 0.05) is 17.2 Å². The van der Waals surface area contributed by atoms with E-state index < -0.39 is 12.0 Å². The topological polar surface area (TPSA) is 92.3 Å². The van der Waals surface area contributed by atoms with E-state index in [0.717, 1.165) is 5.56 Å². The van der Waals surface area contributed by atoms with Crippen LogP contribution in [0.15, 0.2) is 74.0 Å². The van der Waals surface area contributed by atoms with Crippen LogP contribution in [0.4, 0.5) is 0 Å². The Labute approximate surface area is 243 Å². The molecule has 0 radical (unpaired) electrons. The number of carbonyl (C=O) groups excluding carboxylic acids is 1. The van der Waals surface area contributed by atoms with Gasteiger partial charge in [0.1, 0.15) is 29.1 Å². The molecule has 0 bridgehead atoms. The van der Waals surface area contributed by atoms with Crippen molar-refractivity contribution in [2.45, 2.75) is 19.9 Å². The molecule has 0 amide bonds. The Morgan fingerprint density at radius 2 is 1.90 bits per heavy atom. The van der Waals surface area contributed by atoms with Gasteiger partial charge in [-0.1, -0.05) is 34.5 Å². The van der Waals surface area contributed by atoms with E-state index in [9.17, 15) is 9.59 Å². The first-order valence-corrected chi connectivity index (χ1v) is 13.8. The highest BCUT2D eigenvalue weighted by atomic mass is 35.5. The summed E-state index contributed by atoms with van der Waals surface area (Å²) in [5, 5.41) is 0.851. The second-order valence-corrected chi connectivity index (χ2v) is 10.6. The fourth-order valence-corrected chi connectivity index (χ4v) is 5.83. The quantitative estimate of drug-likeness (QED) is 0.265. The number of hydrogen-bond donors (Lipinski definition) is 0. The van der Waals surface area contributed by atoms with E-state index in [1.54, 1.807) is 75.6 Å². The lowest BCUT2D eigenvalue weighted by atomic mass is 9.95. The van der Waals surface area contributed by atoms with E-state index in [0.29, 0.717) is 53.7 Å². The number of methoxy groups -OCH3 is 2. The van der Waals surface area contributed by atoms with Crippen LogP contribution in [0.1, 0.15) is 31.2 Å². The molecule has 0 aliphatic carbocycles. The van der Waals surface area contributed by atoms with Gasteiger partial charge in [-0.25, -0.2) is 9.79 Å². The number of aromatic nitrogens is 1. The molecule has 0 fully saturated rings. The number of fused-ring (bicyclic) bond motifs is 1. The van der Waals surface area contributed by atoms with Crippen molar-refractivity contribution < 1.29 is 23.4 Å². The number of allylic oxidation sites excluding steroid dienone is 1. The van der Waals surface area contributed by atoms with E-state index in [1.807, 2.05) is 0 Å². The third-order valence-corrected chi connectivity index (χ3v) is 8.07. The zero-order valence-corrected chi connectivity index (χ0v) is 24.3.